The zero-order valence-corrected chi connectivity index (χ0v) is 13.2. The van der Waals surface area contributed by atoms with E-state index >= 15 is 0 Å². The summed E-state index contributed by atoms with van der Waals surface area (Å²) < 4.78 is 28.9. The van der Waals surface area contributed by atoms with Crippen molar-refractivity contribution in [3.8, 4) is 0 Å². The van der Waals surface area contributed by atoms with E-state index in [0.717, 1.165) is 25.8 Å². The van der Waals surface area contributed by atoms with Gasteiger partial charge < -0.3 is 9.88 Å². The van der Waals surface area contributed by atoms with Gasteiger partial charge in [0.05, 0.1) is 6.33 Å². The molecule has 0 bridgehead atoms. The van der Waals surface area contributed by atoms with E-state index in [-0.39, 0.29) is 17.1 Å². The average Bonchev–Trinajstić information content (AvgIpc) is 2.96. The number of imidazole rings is 1. The van der Waals surface area contributed by atoms with Crippen molar-refractivity contribution in [2.75, 3.05) is 13.6 Å². The van der Waals surface area contributed by atoms with Gasteiger partial charge >= 0.3 is 0 Å². The summed E-state index contributed by atoms with van der Waals surface area (Å²) in [7, 11) is -1.62. The van der Waals surface area contributed by atoms with Gasteiger partial charge in [0.1, 0.15) is 0 Å². The van der Waals surface area contributed by atoms with Crippen LogP contribution in [0.2, 0.25) is 0 Å². The molecule has 0 aromatic carbocycles. The van der Waals surface area contributed by atoms with Crippen molar-refractivity contribution in [3.63, 3.8) is 0 Å². The molecule has 2 rings (SSSR count). The van der Waals surface area contributed by atoms with Crippen molar-refractivity contribution in [1.29, 1.82) is 0 Å². The summed E-state index contributed by atoms with van der Waals surface area (Å²) in [5.74, 6) is 0. The number of nitrogens with one attached hydrogen (secondary N) is 1. The van der Waals surface area contributed by atoms with Crippen LogP contribution in [0.15, 0.2) is 17.6 Å². The molecule has 1 aromatic heterocycles. The number of hydrogen-bond donors (Lipinski definition) is 1. The number of likely N-dealkylation sites (N-methyl/N-ethyl adjacent to an activating group) is 1. The molecular weight excluding hydrogens is 276 g/mol. The highest BCUT2D eigenvalue weighted by molar-refractivity contribution is 7.89. The van der Waals surface area contributed by atoms with Crippen molar-refractivity contribution in [2.45, 2.75) is 56.8 Å². The molecule has 7 heteroatoms. The monoisotopic (exact) mass is 300 g/mol. The predicted octanol–water partition coefficient (Wildman–Crippen LogP) is 1.05. The van der Waals surface area contributed by atoms with Crippen LogP contribution in [0, 0.1) is 0 Å². The van der Waals surface area contributed by atoms with Crippen LogP contribution in [-0.2, 0) is 16.6 Å². The number of hydrogen-bond acceptors (Lipinski definition) is 4. The molecule has 1 saturated heterocycles. The van der Waals surface area contributed by atoms with E-state index in [4.69, 9.17) is 0 Å². The van der Waals surface area contributed by atoms with Gasteiger partial charge in [0.2, 0.25) is 0 Å². The van der Waals surface area contributed by atoms with E-state index in [2.05, 4.69) is 10.3 Å². The van der Waals surface area contributed by atoms with E-state index < -0.39 is 10.0 Å². The number of rotatable bonds is 5. The van der Waals surface area contributed by atoms with Crippen molar-refractivity contribution >= 4 is 10.0 Å². The first-order valence-corrected chi connectivity index (χ1v) is 8.65. The molecule has 114 valence electrons. The first-order chi connectivity index (χ1) is 9.50. The molecule has 0 aliphatic carbocycles. The third kappa shape index (κ3) is 2.89. The number of sulfonamides is 1. The van der Waals surface area contributed by atoms with Crippen molar-refractivity contribution in [2.24, 2.45) is 0 Å². The first kappa shape index (κ1) is 15.5. The lowest BCUT2D eigenvalue weighted by Crippen LogP contribution is -2.52. The molecule has 1 fully saturated rings. The summed E-state index contributed by atoms with van der Waals surface area (Å²) in [5, 5.41) is 3.33. The lowest BCUT2D eigenvalue weighted by atomic mass is 9.99. The first-order valence-electron chi connectivity index (χ1n) is 7.21. The summed E-state index contributed by atoms with van der Waals surface area (Å²) in [6.07, 6.45) is 6.08. The second-order valence-corrected chi connectivity index (χ2v) is 7.14. The zero-order chi connectivity index (χ0) is 14.8. The standard InChI is InChI=1S/C13H24N4O2S/c1-4-16-9-13(15-10-16)20(18,19)17-8-6-5-7-12(17)11(2)14-3/h9-12,14H,4-8H2,1-3H3. The van der Waals surface area contributed by atoms with Gasteiger partial charge in [0.15, 0.2) is 5.03 Å². The Bertz CT molecular complexity index is 540. The Hall–Kier alpha value is -0.920. The van der Waals surface area contributed by atoms with Gasteiger partial charge in [-0.1, -0.05) is 6.42 Å². The minimum atomic E-state index is -3.49. The molecule has 0 radical (unpaired) electrons. The Morgan fingerprint density at radius 3 is 2.85 bits per heavy atom. The average molecular weight is 300 g/mol. The van der Waals surface area contributed by atoms with Crippen LogP contribution in [0.1, 0.15) is 33.1 Å². The highest BCUT2D eigenvalue weighted by atomic mass is 32.2. The number of nitrogens with zero attached hydrogens (tertiary/aromatic N) is 3. The molecule has 2 atom stereocenters. The lowest BCUT2D eigenvalue weighted by Gasteiger charge is -2.37. The molecule has 2 unspecified atom stereocenters. The summed E-state index contributed by atoms with van der Waals surface area (Å²) in [6, 6.07) is 0.142. The third-order valence-corrected chi connectivity index (χ3v) is 5.89. The maximum Gasteiger partial charge on any atom is 0.262 e. The van der Waals surface area contributed by atoms with E-state index in [1.807, 2.05) is 20.9 Å². The molecule has 0 saturated carbocycles. The van der Waals surface area contributed by atoms with E-state index in [9.17, 15) is 8.42 Å². The minimum Gasteiger partial charge on any atom is -0.336 e. The minimum absolute atomic E-state index is 0.00512. The van der Waals surface area contributed by atoms with E-state index in [0.29, 0.717) is 6.54 Å². The lowest BCUT2D eigenvalue weighted by molar-refractivity contribution is 0.213. The topological polar surface area (TPSA) is 67.2 Å². The van der Waals surface area contributed by atoms with Crippen molar-refractivity contribution < 1.29 is 8.42 Å². The highest BCUT2D eigenvalue weighted by Crippen LogP contribution is 2.26. The van der Waals surface area contributed by atoms with E-state index in [1.54, 1.807) is 21.4 Å². The molecule has 1 N–H and O–H groups in total. The fourth-order valence-electron chi connectivity index (χ4n) is 2.69. The molecule has 1 aliphatic heterocycles. The van der Waals surface area contributed by atoms with Crippen LogP contribution in [0.5, 0.6) is 0 Å². The van der Waals surface area contributed by atoms with Crippen molar-refractivity contribution in [1.82, 2.24) is 19.2 Å². The smallest absolute Gasteiger partial charge is 0.262 e. The quantitative estimate of drug-likeness (QED) is 0.883. The SMILES string of the molecule is CCn1cnc(S(=O)(=O)N2CCCCC2C(C)NC)c1. The maximum absolute atomic E-state index is 12.8. The van der Waals surface area contributed by atoms with Crippen LogP contribution in [0.4, 0.5) is 0 Å². The third-order valence-electron chi connectivity index (χ3n) is 4.08. The number of aryl methyl sites for hydroxylation is 1. The molecular formula is C13H24N4O2S. The normalized spacial score (nSPS) is 22.9. The maximum atomic E-state index is 12.8. The van der Waals surface area contributed by atoms with Crippen LogP contribution in [0.25, 0.3) is 0 Å². The fraction of sp³-hybridized carbons (Fsp3) is 0.769. The Kier molecular flexibility index (Phi) is 4.82. The molecule has 0 amide bonds. The molecule has 20 heavy (non-hydrogen) atoms. The largest absolute Gasteiger partial charge is 0.336 e. The second kappa shape index (κ2) is 6.24. The summed E-state index contributed by atoms with van der Waals surface area (Å²) >= 11 is 0. The Morgan fingerprint density at radius 1 is 1.50 bits per heavy atom. The molecule has 1 aromatic rings. The number of piperidine rings is 1. The predicted molar refractivity (Wildman–Crippen MR) is 78.0 cm³/mol. The molecule has 0 spiro atoms. The Labute approximate surface area is 121 Å². The van der Waals surface area contributed by atoms with Gasteiger partial charge in [-0.15, -0.1) is 0 Å². The van der Waals surface area contributed by atoms with Gasteiger partial charge in [-0.05, 0) is 33.7 Å². The van der Waals surface area contributed by atoms with E-state index in [1.165, 1.54) is 0 Å². The van der Waals surface area contributed by atoms with Gasteiger partial charge in [0.25, 0.3) is 10.0 Å². The second-order valence-electron chi connectivity index (χ2n) is 5.30. The van der Waals surface area contributed by atoms with Crippen molar-refractivity contribution in [3.05, 3.63) is 12.5 Å². The van der Waals surface area contributed by atoms with Gasteiger partial charge in [0, 0.05) is 31.4 Å². The Morgan fingerprint density at radius 2 is 2.25 bits per heavy atom. The van der Waals surface area contributed by atoms with Gasteiger partial charge in [-0.25, -0.2) is 13.4 Å². The van der Waals surface area contributed by atoms with Crippen LogP contribution in [0.3, 0.4) is 0 Å². The molecule has 2 heterocycles. The van der Waals surface area contributed by atoms with Crippen LogP contribution in [-0.4, -0.2) is 48.0 Å². The number of aromatic nitrogens is 2. The van der Waals surface area contributed by atoms with Gasteiger partial charge in [-0.2, -0.15) is 4.31 Å². The molecule has 1 aliphatic rings. The fourth-order valence-corrected chi connectivity index (χ4v) is 4.39. The van der Waals surface area contributed by atoms with Crippen LogP contribution >= 0.6 is 0 Å². The zero-order valence-electron chi connectivity index (χ0n) is 12.4. The highest BCUT2D eigenvalue weighted by Gasteiger charge is 2.37. The summed E-state index contributed by atoms with van der Waals surface area (Å²) in [6.45, 7) is 5.30. The summed E-state index contributed by atoms with van der Waals surface area (Å²) in [5.41, 5.74) is 0. The summed E-state index contributed by atoms with van der Waals surface area (Å²) in [4.78, 5) is 4.07. The van der Waals surface area contributed by atoms with Crippen LogP contribution < -0.4 is 5.32 Å². The molecule has 6 nitrogen and oxygen atoms in total. The Balaban J connectivity index is 2.30. The van der Waals surface area contributed by atoms with Gasteiger partial charge in [-0.3, -0.25) is 0 Å².